The first-order valence-electron chi connectivity index (χ1n) is 7.77. The number of phenolic OH excluding ortho intramolecular Hbond substituents is 1. The summed E-state index contributed by atoms with van der Waals surface area (Å²) in [5.41, 5.74) is 0.520. The number of carbonyl (C=O) groups excluding carboxylic acids is 2. The maximum Gasteiger partial charge on any atom is 0.348 e. The molecule has 4 rings (SSSR count). The highest BCUT2D eigenvalue weighted by Gasteiger charge is 2.16. The normalized spacial score (nSPS) is 10.9. The molecule has 0 spiro atoms. The Balaban J connectivity index is 1.42. The number of esters is 1. The zero-order valence-corrected chi connectivity index (χ0v) is 15.0. The lowest BCUT2D eigenvalue weighted by atomic mass is 10.2. The molecule has 0 atom stereocenters. The lowest BCUT2D eigenvalue weighted by Crippen LogP contribution is -2.20. The predicted octanol–water partition coefficient (Wildman–Crippen LogP) is 4.62. The van der Waals surface area contributed by atoms with Gasteiger partial charge in [-0.1, -0.05) is 18.2 Å². The van der Waals surface area contributed by atoms with Crippen molar-refractivity contribution in [3.8, 4) is 5.75 Å². The highest BCUT2D eigenvalue weighted by atomic mass is 32.1. The van der Waals surface area contributed by atoms with E-state index < -0.39 is 11.9 Å². The third-order valence-corrected chi connectivity index (χ3v) is 6.13. The number of ether oxygens (including phenoxy) is 1. The van der Waals surface area contributed by atoms with E-state index in [0.29, 0.717) is 10.6 Å². The SMILES string of the molecule is O=C(COC(=O)c1cc2sc3ccccc3c2s1)Nc1ccc(O)cc1. The summed E-state index contributed by atoms with van der Waals surface area (Å²) >= 11 is 3.01. The van der Waals surface area contributed by atoms with Crippen LogP contribution in [0.4, 0.5) is 5.69 Å². The third kappa shape index (κ3) is 3.26. The van der Waals surface area contributed by atoms with Crippen molar-refractivity contribution in [1.29, 1.82) is 0 Å². The second-order valence-corrected chi connectivity index (χ2v) is 7.71. The van der Waals surface area contributed by atoms with Gasteiger partial charge in [0.05, 0.1) is 4.70 Å². The molecule has 2 N–H and O–H groups in total. The van der Waals surface area contributed by atoms with Crippen LogP contribution in [-0.2, 0) is 9.53 Å². The number of carbonyl (C=O) groups is 2. The molecule has 2 heterocycles. The lowest BCUT2D eigenvalue weighted by molar-refractivity contribution is -0.119. The standard InChI is InChI=1S/C19H13NO4S2/c21-12-7-5-11(6-8-12)20-17(22)10-24-19(23)16-9-15-18(26-16)13-3-1-2-4-14(13)25-15/h1-9,21H,10H2,(H,20,22). The number of rotatable bonds is 4. The molecule has 2 aromatic heterocycles. The van der Waals surface area contributed by atoms with Gasteiger partial charge in [-0.15, -0.1) is 22.7 Å². The van der Waals surface area contributed by atoms with E-state index in [2.05, 4.69) is 11.4 Å². The summed E-state index contributed by atoms with van der Waals surface area (Å²) in [6.07, 6.45) is 0. The Kier molecular flexibility index (Phi) is 4.32. The predicted molar refractivity (Wildman–Crippen MR) is 104 cm³/mol. The van der Waals surface area contributed by atoms with E-state index in [0.717, 1.165) is 14.8 Å². The fourth-order valence-electron chi connectivity index (χ4n) is 2.54. The highest BCUT2D eigenvalue weighted by molar-refractivity contribution is 7.33. The second-order valence-electron chi connectivity index (χ2n) is 5.57. The van der Waals surface area contributed by atoms with Gasteiger partial charge in [0.25, 0.3) is 5.91 Å². The van der Waals surface area contributed by atoms with Crippen LogP contribution in [0.25, 0.3) is 19.5 Å². The van der Waals surface area contributed by atoms with E-state index in [1.54, 1.807) is 23.5 Å². The van der Waals surface area contributed by atoms with Gasteiger partial charge in [-0.05, 0) is 36.4 Å². The second kappa shape index (κ2) is 6.78. The van der Waals surface area contributed by atoms with E-state index in [9.17, 15) is 14.7 Å². The summed E-state index contributed by atoms with van der Waals surface area (Å²) in [5, 5.41) is 12.9. The first-order valence-corrected chi connectivity index (χ1v) is 9.40. The topological polar surface area (TPSA) is 75.6 Å². The van der Waals surface area contributed by atoms with Gasteiger partial charge in [0.1, 0.15) is 10.6 Å². The number of fused-ring (bicyclic) bond motifs is 3. The Morgan fingerprint density at radius 2 is 1.77 bits per heavy atom. The molecule has 0 bridgehead atoms. The smallest absolute Gasteiger partial charge is 0.348 e. The Labute approximate surface area is 156 Å². The molecule has 7 heteroatoms. The third-order valence-electron chi connectivity index (χ3n) is 3.74. The molecule has 0 aliphatic carbocycles. The Morgan fingerprint density at radius 3 is 2.58 bits per heavy atom. The highest BCUT2D eigenvalue weighted by Crippen LogP contribution is 2.39. The number of hydrogen-bond donors (Lipinski definition) is 2. The van der Waals surface area contributed by atoms with Gasteiger partial charge in [-0.25, -0.2) is 4.79 Å². The van der Waals surface area contributed by atoms with Crippen molar-refractivity contribution in [3.05, 3.63) is 59.5 Å². The summed E-state index contributed by atoms with van der Waals surface area (Å²) in [6.45, 7) is -0.369. The molecule has 0 aliphatic rings. The number of phenols is 1. The molecule has 0 saturated heterocycles. The zero-order valence-electron chi connectivity index (χ0n) is 13.4. The van der Waals surface area contributed by atoms with Crippen LogP contribution in [0.1, 0.15) is 9.67 Å². The van der Waals surface area contributed by atoms with Crippen LogP contribution in [0.5, 0.6) is 5.75 Å². The first-order chi connectivity index (χ1) is 12.6. The minimum Gasteiger partial charge on any atom is -0.508 e. The van der Waals surface area contributed by atoms with Gasteiger partial charge in [0.15, 0.2) is 6.61 Å². The van der Waals surface area contributed by atoms with Crippen LogP contribution in [0, 0.1) is 0 Å². The van der Waals surface area contributed by atoms with Crippen LogP contribution in [0.2, 0.25) is 0 Å². The molecular weight excluding hydrogens is 370 g/mol. The fourth-order valence-corrected chi connectivity index (χ4v) is 4.96. The monoisotopic (exact) mass is 383 g/mol. The number of amides is 1. The van der Waals surface area contributed by atoms with Crippen molar-refractivity contribution in [2.45, 2.75) is 0 Å². The Hall–Kier alpha value is -2.90. The van der Waals surface area contributed by atoms with Gasteiger partial charge < -0.3 is 15.2 Å². The number of hydrogen-bond acceptors (Lipinski definition) is 6. The molecule has 2 aromatic carbocycles. The molecule has 4 aromatic rings. The minimum absolute atomic E-state index is 0.111. The molecule has 0 saturated carbocycles. The molecule has 0 radical (unpaired) electrons. The Bertz CT molecular complexity index is 1110. The van der Waals surface area contributed by atoms with Crippen molar-refractivity contribution < 1.29 is 19.4 Å². The van der Waals surface area contributed by atoms with Gasteiger partial charge in [-0.3, -0.25) is 4.79 Å². The zero-order chi connectivity index (χ0) is 18.1. The van der Waals surface area contributed by atoms with Gasteiger partial charge in [0, 0.05) is 20.5 Å². The van der Waals surface area contributed by atoms with Crippen LogP contribution < -0.4 is 5.32 Å². The van der Waals surface area contributed by atoms with Crippen LogP contribution in [0.3, 0.4) is 0 Å². The lowest BCUT2D eigenvalue weighted by Gasteiger charge is -2.05. The van der Waals surface area contributed by atoms with Crippen molar-refractivity contribution in [3.63, 3.8) is 0 Å². The quantitative estimate of drug-likeness (QED) is 0.398. The Morgan fingerprint density at radius 1 is 1.00 bits per heavy atom. The van der Waals surface area contributed by atoms with E-state index in [4.69, 9.17) is 4.74 Å². The van der Waals surface area contributed by atoms with Gasteiger partial charge >= 0.3 is 5.97 Å². The summed E-state index contributed by atoms with van der Waals surface area (Å²) in [5.74, 6) is -0.837. The molecule has 0 aliphatic heterocycles. The molecule has 0 unspecified atom stereocenters. The van der Waals surface area contributed by atoms with E-state index >= 15 is 0 Å². The summed E-state index contributed by atoms with van der Waals surface area (Å²) in [6, 6.07) is 15.9. The molecule has 1 amide bonds. The van der Waals surface area contributed by atoms with Crippen LogP contribution in [-0.4, -0.2) is 23.6 Å². The first kappa shape index (κ1) is 16.6. The molecular formula is C19H13NO4S2. The minimum atomic E-state index is -0.511. The van der Waals surface area contributed by atoms with Gasteiger partial charge in [-0.2, -0.15) is 0 Å². The van der Waals surface area contributed by atoms with Crippen molar-refractivity contribution in [2.24, 2.45) is 0 Å². The average molecular weight is 383 g/mol. The number of nitrogens with one attached hydrogen (secondary N) is 1. The van der Waals surface area contributed by atoms with E-state index in [1.807, 2.05) is 24.3 Å². The van der Waals surface area contributed by atoms with Crippen molar-refractivity contribution in [2.75, 3.05) is 11.9 Å². The van der Waals surface area contributed by atoms with Crippen molar-refractivity contribution in [1.82, 2.24) is 0 Å². The maximum atomic E-state index is 12.2. The number of anilines is 1. The summed E-state index contributed by atoms with van der Waals surface area (Å²) in [7, 11) is 0. The summed E-state index contributed by atoms with van der Waals surface area (Å²) < 4.78 is 8.39. The molecule has 130 valence electrons. The average Bonchev–Trinajstić information content (AvgIpc) is 3.19. The molecule has 5 nitrogen and oxygen atoms in total. The molecule has 26 heavy (non-hydrogen) atoms. The van der Waals surface area contributed by atoms with Crippen LogP contribution in [0.15, 0.2) is 54.6 Å². The number of thiophene rings is 2. The maximum absolute atomic E-state index is 12.2. The summed E-state index contributed by atoms with van der Waals surface area (Å²) in [4.78, 5) is 24.6. The van der Waals surface area contributed by atoms with Gasteiger partial charge in [0.2, 0.25) is 0 Å². The largest absolute Gasteiger partial charge is 0.508 e. The van der Waals surface area contributed by atoms with Crippen molar-refractivity contribution >= 4 is 59.7 Å². The van der Waals surface area contributed by atoms with Crippen LogP contribution >= 0.6 is 22.7 Å². The van der Waals surface area contributed by atoms with E-state index in [1.165, 1.54) is 28.2 Å². The number of aromatic hydroxyl groups is 1. The molecule has 0 fully saturated rings. The fraction of sp³-hybridized carbons (Fsp3) is 0.0526. The number of benzene rings is 2. The van der Waals surface area contributed by atoms with E-state index in [-0.39, 0.29) is 12.4 Å².